The predicted octanol–water partition coefficient (Wildman–Crippen LogP) is 5.60. The van der Waals surface area contributed by atoms with Crippen molar-refractivity contribution in [1.29, 1.82) is 0 Å². The highest BCUT2D eigenvalue weighted by atomic mass is 32.2. The lowest BCUT2D eigenvalue weighted by molar-refractivity contribution is 0.307. The first-order valence-electron chi connectivity index (χ1n) is 7.86. The highest BCUT2D eigenvalue weighted by Gasteiger charge is 2.54. The molecule has 1 aliphatic heterocycles. The summed E-state index contributed by atoms with van der Waals surface area (Å²) in [6, 6.07) is 7.16. The van der Waals surface area contributed by atoms with Gasteiger partial charge in [0.05, 0.1) is 5.03 Å². The fraction of sp³-hybridized carbons (Fsp3) is 0.471. The third-order valence-electron chi connectivity index (χ3n) is 5.69. The van der Waals surface area contributed by atoms with E-state index in [1.807, 2.05) is 23.9 Å². The molecule has 2 fully saturated rings. The first kappa shape index (κ1) is 13.8. The summed E-state index contributed by atoms with van der Waals surface area (Å²) in [5, 5.41) is 1.99. The molecule has 0 saturated heterocycles. The van der Waals surface area contributed by atoms with E-state index < -0.39 is 0 Å². The molecule has 5 unspecified atom stereocenters. The van der Waals surface area contributed by atoms with Crippen LogP contribution in [-0.2, 0) is 0 Å². The molecule has 1 aromatic heterocycles. The lowest BCUT2D eigenvalue weighted by atomic mass is 9.75. The average molecular weight is 350 g/mol. The molecule has 3 aliphatic rings. The standard InChI is InChI=1S/C17H16FNS3/c18-11-5-3-8(4-6-11)12-13-9-1-2-10(7-9)14(13)21-16-15(12)22-17(20)19-16/h3-6,9-10,12-14H,1-2,7H2,(H,19,20). The van der Waals surface area contributed by atoms with Crippen LogP contribution in [0.1, 0.15) is 35.6 Å². The molecule has 2 aliphatic carbocycles. The number of halogens is 1. The Morgan fingerprint density at radius 3 is 2.73 bits per heavy atom. The summed E-state index contributed by atoms with van der Waals surface area (Å²) < 4.78 is 14.2. The van der Waals surface area contributed by atoms with Crippen LogP contribution >= 0.6 is 35.3 Å². The van der Waals surface area contributed by atoms with Crippen LogP contribution in [0.2, 0.25) is 0 Å². The van der Waals surface area contributed by atoms with Gasteiger partial charge in [0, 0.05) is 16.0 Å². The van der Waals surface area contributed by atoms with Gasteiger partial charge in [0.25, 0.3) is 0 Å². The quantitative estimate of drug-likeness (QED) is 0.675. The van der Waals surface area contributed by atoms with Gasteiger partial charge in [-0.1, -0.05) is 12.1 Å². The van der Waals surface area contributed by atoms with Gasteiger partial charge in [-0.25, -0.2) is 4.39 Å². The molecule has 5 heteroatoms. The van der Waals surface area contributed by atoms with Crippen molar-refractivity contribution in [2.45, 2.75) is 35.5 Å². The third kappa shape index (κ3) is 1.91. The van der Waals surface area contributed by atoms with E-state index in [0.29, 0.717) is 17.1 Å². The molecular formula is C17H16FNS3. The minimum absolute atomic E-state index is 0.152. The number of nitrogens with one attached hydrogen (secondary N) is 1. The zero-order valence-electron chi connectivity index (χ0n) is 11.9. The predicted molar refractivity (Wildman–Crippen MR) is 91.7 cm³/mol. The third-order valence-corrected chi connectivity index (χ3v) is 8.67. The van der Waals surface area contributed by atoms with Gasteiger partial charge in [-0.15, -0.1) is 23.1 Å². The molecule has 2 bridgehead atoms. The van der Waals surface area contributed by atoms with Gasteiger partial charge < -0.3 is 4.98 Å². The second kappa shape index (κ2) is 4.92. The maximum Gasteiger partial charge on any atom is 0.159 e. The van der Waals surface area contributed by atoms with E-state index in [4.69, 9.17) is 12.2 Å². The number of hydrogen-bond donors (Lipinski definition) is 1. The molecule has 1 N–H and O–H groups in total. The van der Waals surface area contributed by atoms with Crippen LogP contribution in [0.3, 0.4) is 0 Å². The summed E-state index contributed by atoms with van der Waals surface area (Å²) in [6.07, 6.45) is 4.14. The smallest absolute Gasteiger partial charge is 0.159 e. The Bertz CT molecular complexity index is 778. The number of aromatic nitrogens is 1. The number of aromatic amines is 1. The Labute approximate surface area is 142 Å². The molecule has 0 radical (unpaired) electrons. The molecule has 5 rings (SSSR count). The van der Waals surface area contributed by atoms with Crippen LogP contribution in [0.15, 0.2) is 29.3 Å². The summed E-state index contributed by atoms with van der Waals surface area (Å²) in [5.41, 5.74) is 1.26. The van der Waals surface area contributed by atoms with E-state index in [9.17, 15) is 4.39 Å². The number of fused-ring (bicyclic) bond motifs is 6. The fourth-order valence-corrected chi connectivity index (χ4v) is 8.23. The SMILES string of the molecule is Fc1ccc(C2c3sc(=S)[nH]c3SC3C4CCC(C4)C23)cc1. The largest absolute Gasteiger partial charge is 0.332 e. The average Bonchev–Trinajstić information content (AvgIpc) is 3.19. The van der Waals surface area contributed by atoms with Crippen molar-refractivity contribution >= 4 is 35.3 Å². The van der Waals surface area contributed by atoms with Crippen LogP contribution in [-0.4, -0.2) is 10.2 Å². The Morgan fingerprint density at radius 2 is 1.91 bits per heavy atom. The van der Waals surface area contributed by atoms with Crippen molar-refractivity contribution in [2.24, 2.45) is 17.8 Å². The van der Waals surface area contributed by atoms with Crippen molar-refractivity contribution < 1.29 is 4.39 Å². The van der Waals surface area contributed by atoms with Crippen molar-refractivity contribution in [3.05, 3.63) is 44.5 Å². The summed E-state index contributed by atoms with van der Waals surface area (Å²) in [4.78, 5) is 4.79. The zero-order valence-corrected chi connectivity index (χ0v) is 14.4. The summed E-state index contributed by atoms with van der Waals surface area (Å²) in [7, 11) is 0. The second-order valence-electron chi connectivity index (χ2n) is 6.73. The molecule has 5 atom stereocenters. The first-order valence-corrected chi connectivity index (χ1v) is 9.96. The monoisotopic (exact) mass is 349 g/mol. The van der Waals surface area contributed by atoms with Crippen molar-refractivity contribution in [3.8, 4) is 0 Å². The number of H-pyrrole nitrogens is 1. The minimum Gasteiger partial charge on any atom is -0.332 e. The molecular weight excluding hydrogens is 333 g/mol. The second-order valence-corrected chi connectivity index (χ2v) is 9.64. The van der Waals surface area contributed by atoms with E-state index in [-0.39, 0.29) is 5.82 Å². The Morgan fingerprint density at radius 1 is 1.14 bits per heavy atom. The first-order chi connectivity index (χ1) is 10.7. The van der Waals surface area contributed by atoms with E-state index in [1.54, 1.807) is 23.5 Å². The van der Waals surface area contributed by atoms with Crippen LogP contribution in [0.25, 0.3) is 0 Å². The van der Waals surface area contributed by atoms with Crippen LogP contribution in [0.5, 0.6) is 0 Å². The summed E-state index contributed by atoms with van der Waals surface area (Å²) in [6.45, 7) is 0. The Kier molecular flexibility index (Phi) is 3.08. The highest BCUT2D eigenvalue weighted by molar-refractivity contribution is 8.00. The number of thioether (sulfide) groups is 1. The maximum absolute atomic E-state index is 13.3. The zero-order chi connectivity index (χ0) is 14.8. The molecule has 1 aromatic carbocycles. The molecule has 2 saturated carbocycles. The van der Waals surface area contributed by atoms with Gasteiger partial charge in [0.15, 0.2) is 3.95 Å². The topological polar surface area (TPSA) is 15.8 Å². The van der Waals surface area contributed by atoms with Crippen LogP contribution in [0, 0.1) is 27.5 Å². The normalized spacial score (nSPS) is 35.4. The van der Waals surface area contributed by atoms with Gasteiger partial charge in [0.1, 0.15) is 5.82 Å². The summed E-state index contributed by atoms with van der Waals surface area (Å²) in [5.74, 6) is 2.64. The maximum atomic E-state index is 13.3. The number of thiazole rings is 1. The van der Waals surface area contributed by atoms with Crippen molar-refractivity contribution in [1.82, 2.24) is 4.98 Å². The minimum atomic E-state index is -0.152. The molecule has 0 amide bonds. The van der Waals surface area contributed by atoms with E-state index >= 15 is 0 Å². The van der Waals surface area contributed by atoms with Crippen LogP contribution in [0.4, 0.5) is 4.39 Å². The number of hydrogen-bond acceptors (Lipinski definition) is 3. The number of rotatable bonds is 1. The van der Waals surface area contributed by atoms with E-state index in [0.717, 1.165) is 15.8 Å². The molecule has 1 nitrogen and oxygen atoms in total. The summed E-state index contributed by atoms with van der Waals surface area (Å²) >= 11 is 9.15. The lowest BCUT2D eigenvalue weighted by Gasteiger charge is -2.40. The van der Waals surface area contributed by atoms with Gasteiger partial charge >= 0.3 is 0 Å². The van der Waals surface area contributed by atoms with E-state index in [2.05, 4.69) is 4.98 Å². The van der Waals surface area contributed by atoms with Crippen molar-refractivity contribution in [2.75, 3.05) is 0 Å². The number of benzene rings is 1. The molecule has 0 spiro atoms. The molecule has 2 aromatic rings. The van der Waals surface area contributed by atoms with Gasteiger partial charge in [-0.3, -0.25) is 0 Å². The fourth-order valence-electron chi connectivity index (χ4n) is 4.89. The highest BCUT2D eigenvalue weighted by Crippen LogP contribution is 2.63. The molecule has 2 heterocycles. The van der Waals surface area contributed by atoms with E-state index in [1.165, 1.54) is 34.7 Å². The van der Waals surface area contributed by atoms with Gasteiger partial charge in [0.2, 0.25) is 0 Å². The van der Waals surface area contributed by atoms with Gasteiger partial charge in [-0.2, -0.15) is 0 Å². The van der Waals surface area contributed by atoms with Gasteiger partial charge in [-0.05, 0) is 66.9 Å². The van der Waals surface area contributed by atoms with Crippen LogP contribution < -0.4 is 0 Å². The lowest BCUT2D eigenvalue weighted by Crippen LogP contribution is -2.33. The molecule has 114 valence electrons. The van der Waals surface area contributed by atoms with Crippen molar-refractivity contribution in [3.63, 3.8) is 0 Å². The Hall–Kier alpha value is -0.650. The Balaban J connectivity index is 1.68. The molecule has 22 heavy (non-hydrogen) atoms.